The normalized spacial score (nSPS) is 32.0. The number of hydrogen-bond acceptors (Lipinski definition) is 6. The maximum Gasteiger partial charge on any atom is 0.186 e. The molecule has 0 aromatic carbocycles. The zero-order valence-corrected chi connectivity index (χ0v) is 15.1. The minimum absolute atomic E-state index is 0.0464. The van der Waals surface area contributed by atoms with Crippen LogP contribution in [-0.4, -0.2) is 63.8 Å². The highest BCUT2D eigenvalue weighted by Crippen LogP contribution is 2.25. The molecule has 6 nitrogen and oxygen atoms in total. The minimum Gasteiger partial charge on any atom is -0.394 e. The molecule has 0 aliphatic carbocycles. The Morgan fingerprint density at radius 2 is 1.42 bits per heavy atom. The van der Waals surface area contributed by atoms with E-state index in [-0.39, 0.29) is 6.10 Å². The standard InChI is InChI=1S/C18H36O6/c1-3-5-7-9-11-13(10-8-6-4-2)23-18-17(22)16(21)15(20)14(12-19)24-18/h13-22H,3-12H2,1-2H3/t13-,14-,15-,16+,17-,18-/m1/s1. The summed E-state index contributed by atoms with van der Waals surface area (Å²) in [5, 5.41) is 39.1. The minimum atomic E-state index is -1.38. The first kappa shape index (κ1) is 21.8. The van der Waals surface area contributed by atoms with Gasteiger partial charge in [-0.15, -0.1) is 0 Å². The van der Waals surface area contributed by atoms with Crippen molar-refractivity contribution in [3.8, 4) is 0 Å². The van der Waals surface area contributed by atoms with E-state index in [1.807, 2.05) is 0 Å². The average Bonchev–Trinajstić information content (AvgIpc) is 2.58. The fourth-order valence-electron chi connectivity index (χ4n) is 3.07. The SMILES string of the molecule is CCCCCC[C@@H](CCCCC)O[C@@H]1O[C@H](CO)[C@@H](O)[C@H](O)[C@H]1O. The Morgan fingerprint density at radius 3 is 2.00 bits per heavy atom. The first-order valence-corrected chi connectivity index (χ1v) is 9.51. The lowest BCUT2D eigenvalue weighted by Gasteiger charge is -2.41. The van der Waals surface area contributed by atoms with E-state index in [0.29, 0.717) is 0 Å². The number of aliphatic hydroxyl groups is 4. The summed E-state index contributed by atoms with van der Waals surface area (Å²) < 4.78 is 11.4. The van der Waals surface area contributed by atoms with Crippen molar-refractivity contribution in [3.05, 3.63) is 0 Å². The molecule has 0 spiro atoms. The van der Waals surface area contributed by atoms with E-state index in [0.717, 1.165) is 44.9 Å². The van der Waals surface area contributed by atoms with Crippen molar-refractivity contribution in [2.45, 2.75) is 108 Å². The van der Waals surface area contributed by atoms with Crippen molar-refractivity contribution in [2.75, 3.05) is 6.61 Å². The van der Waals surface area contributed by atoms with Gasteiger partial charge in [-0.2, -0.15) is 0 Å². The zero-order valence-electron chi connectivity index (χ0n) is 15.1. The highest BCUT2D eigenvalue weighted by atomic mass is 16.7. The zero-order chi connectivity index (χ0) is 17.9. The summed E-state index contributed by atoms with van der Waals surface area (Å²) in [5.74, 6) is 0. The second-order valence-corrected chi connectivity index (χ2v) is 6.80. The fourth-order valence-corrected chi connectivity index (χ4v) is 3.07. The Hall–Kier alpha value is -0.240. The lowest BCUT2D eigenvalue weighted by Crippen LogP contribution is -2.59. The van der Waals surface area contributed by atoms with Crippen LogP contribution in [0.3, 0.4) is 0 Å². The van der Waals surface area contributed by atoms with E-state index in [2.05, 4.69) is 13.8 Å². The van der Waals surface area contributed by atoms with E-state index in [9.17, 15) is 20.4 Å². The van der Waals surface area contributed by atoms with Gasteiger partial charge in [0.25, 0.3) is 0 Å². The van der Waals surface area contributed by atoms with Gasteiger partial charge in [0.15, 0.2) is 6.29 Å². The fraction of sp³-hybridized carbons (Fsp3) is 1.00. The van der Waals surface area contributed by atoms with Gasteiger partial charge >= 0.3 is 0 Å². The molecule has 6 heteroatoms. The molecule has 1 aliphatic rings. The van der Waals surface area contributed by atoms with Crippen LogP contribution in [0.5, 0.6) is 0 Å². The van der Waals surface area contributed by atoms with Crippen LogP contribution in [0, 0.1) is 0 Å². The van der Waals surface area contributed by atoms with E-state index < -0.39 is 37.3 Å². The number of hydrogen-bond donors (Lipinski definition) is 4. The Morgan fingerprint density at radius 1 is 0.833 bits per heavy atom. The summed E-state index contributed by atoms with van der Waals surface area (Å²) in [4.78, 5) is 0. The van der Waals surface area contributed by atoms with Crippen LogP contribution in [0.25, 0.3) is 0 Å². The van der Waals surface area contributed by atoms with Gasteiger partial charge in [0.2, 0.25) is 0 Å². The second-order valence-electron chi connectivity index (χ2n) is 6.80. The maximum atomic E-state index is 10.1. The summed E-state index contributed by atoms with van der Waals surface area (Å²) in [6.45, 7) is 3.89. The molecule has 0 amide bonds. The smallest absolute Gasteiger partial charge is 0.186 e. The molecule has 0 aromatic heterocycles. The summed E-state index contributed by atoms with van der Waals surface area (Å²) in [7, 11) is 0. The van der Waals surface area contributed by atoms with Gasteiger partial charge in [0.05, 0.1) is 12.7 Å². The van der Waals surface area contributed by atoms with Crippen LogP contribution in [0.4, 0.5) is 0 Å². The number of ether oxygens (including phenoxy) is 2. The number of aliphatic hydroxyl groups excluding tert-OH is 4. The van der Waals surface area contributed by atoms with Crippen molar-refractivity contribution in [1.82, 2.24) is 0 Å². The first-order chi connectivity index (χ1) is 11.5. The molecule has 144 valence electrons. The number of unbranched alkanes of at least 4 members (excludes halogenated alkanes) is 5. The molecular weight excluding hydrogens is 312 g/mol. The van der Waals surface area contributed by atoms with E-state index in [1.165, 1.54) is 12.8 Å². The Kier molecular flexibility index (Phi) is 11.1. The molecule has 6 atom stereocenters. The quantitative estimate of drug-likeness (QED) is 0.401. The molecule has 24 heavy (non-hydrogen) atoms. The van der Waals surface area contributed by atoms with Crippen LogP contribution < -0.4 is 0 Å². The summed E-state index contributed by atoms with van der Waals surface area (Å²) in [6.07, 6.45) is 3.65. The van der Waals surface area contributed by atoms with Crippen molar-refractivity contribution in [1.29, 1.82) is 0 Å². The third-order valence-corrected chi connectivity index (χ3v) is 4.68. The Balaban J connectivity index is 2.57. The lowest BCUT2D eigenvalue weighted by atomic mass is 9.99. The van der Waals surface area contributed by atoms with Crippen LogP contribution >= 0.6 is 0 Å². The van der Waals surface area contributed by atoms with Crippen molar-refractivity contribution >= 4 is 0 Å². The molecule has 1 heterocycles. The molecule has 0 bridgehead atoms. The van der Waals surface area contributed by atoms with Gasteiger partial charge in [0.1, 0.15) is 24.4 Å². The van der Waals surface area contributed by atoms with Gasteiger partial charge in [-0.1, -0.05) is 58.8 Å². The second kappa shape index (κ2) is 12.2. The number of rotatable bonds is 12. The third kappa shape index (κ3) is 6.94. The first-order valence-electron chi connectivity index (χ1n) is 9.51. The van der Waals surface area contributed by atoms with Crippen LogP contribution in [0.15, 0.2) is 0 Å². The third-order valence-electron chi connectivity index (χ3n) is 4.68. The highest BCUT2D eigenvalue weighted by Gasteiger charge is 2.44. The summed E-state index contributed by atoms with van der Waals surface area (Å²) >= 11 is 0. The summed E-state index contributed by atoms with van der Waals surface area (Å²) in [6, 6.07) is 0. The maximum absolute atomic E-state index is 10.1. The molecule has 0 saturated carbocycles. The molecule has 1 aliphatic heterocycles. The van der Waals surface area contributed by atoms with Crippen molar-refractivity contribution in [2.24, 2.45) is 0 Å². The van der Waals surface area contributed by atoms with Gasteiger partial charge < -0.3 is 29.9 Å². The molecule has 1 rings (SSSR count). The van der Waals surface area contributed by atoms with Crippen LogP contribution in [0.1, 0.15) is 71.6 Å². The largest absolute Gasteiger partial charge is 0.394 e. The topological polar surface area (TPSA) is 99.4 Å². The van der Waals surface area contributed by atoms with Crippen molar-refractivity contribution < 1.29 is 29.9 Å². The highest BCUT2D eigenvalue weighted by molar-refractivity contribution is 4.89. The molecule has 1 saturated heterocycles. The van der Waals surface area contributed by atoms with Gasteiger partial charge in [-0.25, -0.2) is 0 Å². The molecule has 4 N–H and O–H groups in total. The van der Waals surface area contributed by atoms with Gasteiger partial charge in [-0.05, 0) is 12.8 Å². The van der Waals surface area contributed by atoms with Gasteiger partial charge in [0, 0.05) is 0 Å². The molecular formula is C18H36O6. The Labute approximate surface area is 145 Å². The Bertz CT molecular complexity index is 312. The van der Waals surface area contributed by atoms with Gasteiger partial charge in [-0.3, -0.25) is 0 Å². The van der Waals surface area contributed by atoms with Crippen molar-refractivity contribution in [3.63, 3.8) is 0 Å². The predicted octanol–water partition coefficient (Wildman–Crippen LogP) is 1.72. The predicted molar refractivity (Wildman–Crippen MR) is 91.5 cm³/mol. The monoisotopic (exact) mass is 348 g/mol. The summed E-state index contributed by atoms with van der Waals surface area (Å²) in [5.41, 5.74) is 0. The van der Waals surface area contributed by atoms with E-state index in [1.54, 1.807) is 0 Å². The van der Waals surface area contributed by atoms with Crippen LogP contribution in [0.2, 0.25) is 0 Å². The molecule has 0 radical (unpaired) electrons. The molecule has 0 aromatic rings. The average molecular weight is 348 g/mol. The van der Waals surface area contributed by atoms with Crippen LogP contribution in [-0.2, 0) is 9.47 Å². The van der Waals surface area contributed by atoms with E-state index in [4.69, 9.17) is 9.47 Å². The van der Waals surface area contributed by atoms with E-state index >= 15 is 0 Å². The lowest BCUT2D eigenvalue weighted by molar-refractivity contribution is -0.312. The molecule has 1 fully saturated rings. The molecule has 0 unspecified atom stereocenters.